The Morgan fingerprint density at radius 3 is 2.63 bits per heavy atom. The number of nitrogens with zero attached hydrogens (tertiary/aromatic N) is 2. The molecule has 7 heteroatoms. The van der Waals surface area contributed by atoms with Crippen molar-refractivity contribution in [3.8, 4) is 10.6 Å². The van der Waals surface area contributed by atoms with E-state index in [9.17, 15) is 4.79 Å². The van der Waals surface area contributed by atoms with Gasteiger partial charge in [-0.2, -0.15) is 0 Å². The fraction of sp³-hybridized carbons (Fsp3) is 0.217. The number of anilines is 1. The van der Waals surface area contributed by atoms with Crippen molar-refractivity contribution in [2.75, 3.05) is 18.4 Å². The van der Waals surface area contributed by atoms with Crippen molar-refractivity contribution in [3.63, 3.8) is 0 Å². The molecule has 4 nitrogen and oxygen atoms in total. The van der Waals surface area contributed by atoms with Crippen LogP contribution in [0.25, 0.3) is 20.8 Å². The summed E-state index contributed by atoms with van der Waals surface area (Å²) in [6.07, 6.45) is 0.992. The number of benzene rings is 2. The first-order valence-corrected chi connectivity index (χ1v) is 11.5. The molecule has 0 radical (unpaired) electrons. The van der Waals surface area contributed by atoms with Gasteiger partial charge in [0.15, 0.2) is 0 Å². The molecule has 30 heavy (non-hydrogen) atoms. The smallest absolute Gasteiger partial charge is 0.256 e. The minimum atomic E-state index is -0.0705. The third kappa shape index (κ3) is 3.88. The summed E-state index contributed by atoms with van der Waals surface area (Å²) in [6.45, 7) is 5.23. The van der Waals surface area contributed by atoms with Crippen LogP contribution in [0.4, 0.5) is 5.00 Å². The summed E-state index contributed by atoms with van der Waals surface area (Å²) in [5.74, 6) is -0.0705. The Hall–Kier alpha value is -2.25. The van der Waals surface area contributed by atoms with Gasteiger partial charge in [0.1, 0.15) is 10.0 Å². The van der Waals surface area contributed by atoms with Gasteiger partial charge in [-0.15, -0.1) is 35.1 Å². The third-order valence-corrected chi connectivity index (χ3v) is 7.54. The number of carbonyl (C=O) groups is 1. The maximum absolute atomic E-state index is 12.9. The number of para-hydroxylation sites is 1. The number of hydrogen-bond donors (Lipinski definition) is 1. The van der Waals surface area contributed by atoms with Crippen LogP contribution in [0, 0.1) is 0 Å². The van der Waals surface area contributed by atoms with Crippen molar-refractivity contribution in [1.29, 1.82) is 0 Å². The summed E-state index contributed by atoms with van der Waals surface area (Å²) in [5, 5.41) is 5.10. The van der Waals surface area contributed by atoms with Gasteiger partial charge in [-0.3, -0.25) is 9.69 Å². The first-order chi connectivity index (χ1) is 14.2. The second-order valence-electron chi connectivity index (χ2n) is 7.13. The minimum absolute atomic E-state index is 0. The highest BCUT2D eigenvalue weighted by Gasteiger charge is 2.27. The van der Waals surface area contributed by atoms with Gasteiger partial charge in [-0.1, -0.05) is 37.3 Å². The van der Waals surface area contributed by atoms with E-state index in [1.807, 2.05) is 42.5 Å². The number of halogens is 1. The molecular formula is C23H22ClN3OS2. The lowest BCUT2D eigenvalue weighted by molar-refractivity contribution is 0.102. The monoisotopic (exact) mass is 455 g/mol. The van der Waals surface area contributed by atoms with Crippen LogP contribution in [0.2, 0.25) is 0 Å². The van der Waals surface area contributed by atoms with Gasteiger partial charge in [-0.25, -0.2) is 4.98 Å². The Kier molecular flexibility index (Phi) is 6.20. The zero-order valence-corrected chi connectivity index (χ0v) is 19.0. The molecule has 154 valence electrons. The maximum atomic E-state index is 12.9. The van der Waals surface area contributed by atoms with Crippen LogP contribution in [0.1, 0.15) is 27.7 Å². The molecule has 2 aromatic heterocycles. The molecule has 3 heterocycles. The highest BCUT2D eigenvalue weighted by Crippen LogP contribution is 2.45. The molecule has 1 amide bonds. The van der Waals surface area contributed by atoms with E-state index in [0.717, 1.165) is 47.1 Å². The number of thiazole rings is 1. The van der Waals surface area contributed by atoms with Gasteiger partial charge >= 0.3 is 0 Å². The van der Waals surface area contributed by atoms with Crippen LogP contribution >= 0.6 is 35.1 Å². The lowest BCUT2D eigenvalue weighted by atomic mass is 10.0. The number of fused-ring (bicyclic) bond motifs is 2. The zero-order chi connectivity index (χ0) is 19.8. The summed E-state index contributed by atoms with van der Waals surface area (Å²) in [6, 6.07) is 17.6. The van der Waals surface area contributed by atoms with Crippen molar-refractivity contribution >= 4 is 56.2 Å². The van der Waals surface area contributed by atoms with E-state index in [-0.39, 0.29) is 18.3 Å². The topological polar surface area (TPSA) is 45.2 Å². The highest BCUT2D eigenvalue weighted by atomic mass is 35.5. The molecule has 2 aromatic carbocycles. The summed E-state index contributed by atoms with van der Waals surface area (Å²) in [5.41, 5.74) is 4.15. The van der Waals surface area contributed by atoms with Crippen LogP contribution in [-0.2, 0) is 13.0 Å². The fourth-order valence-electron chi connectivity index (χ4n) is 3.78. The second-order valence-corrected chi connectivity index (χ2v) is 9.27. The van der Waals surface area contributed by atoms with Gasteiger partial charge in [0, 0.05) is 29.1 Å². The van der Waals surface area contributed by atoms with Gasteiger partial charge in [0.2, 0.25) is 0 Å². The van der Waals surface area contributed by atoms with E-state index in [2.05, 4.69) is 29.3 Å². The van der Waals surface area contributed by atoms with E-state index in [1.165, 1.54) is 15.1 Å². The van der Waals surface area contributed by atoms with Crippen molar-refractivity contribution in [2.45, 2.75) is 19.9 Å². The van der Waals surface area contributed by atoms with Crippen molar-refractivity contribution in [2.24, 2.45) is 0 Å². The molecule has 1 aliphatic rings. The Morgan fingerprint density at radius 2 is 1.87 bits per heavy atom. The van der Waals surface area contributed by atoms with Crippen LogP contribution in [0.15, 0.2) is 54.6 Å². The summed E-state index contributed by atoms with van der Waals surface area (Å²) >= 11 is 3.40. The summed E-state index contributed by atoms with van der Waals surface area (Å²) in [7, 11) is 0. The van der Waals surface area contributed by atoms with Crippen molar-refractivity contribution in [1.82, 2.24) is 9.88 Å². The first kappa shape index (κ1) is 21.0. The normalized spacial score (nSPS) is 13.6. The maximum Gasteiger partial charge on any atom is 0.256 e. The number of carbonyl (C=O) groups excluding carboxylic acids is 1. The second kappa shape index (κ2) is 8.86. The Balaban J connectivity index is 0.00000218. The molecule has 0 bridgehead atoms. The lowest BCUT2D eigenvalue weighted by Crippen LogP contribution is -2.29. The van der Waals surface area contributed by atoms with Gasteiger partial charge in [-0.05, 0) is 42.8 Å². The quantitative estimate of drug-likeness (QED) is 0.405. The Morgan fingerprint density at radius 1 is 1.10 bits per heavy atom. The van der Waals surface area contributed by atoms with E-state index in [1.54, 1.807) is 22.7 Å². The van der Waals surface area contributed by atoms with E-state index >= 15 is 0 Å². The molecule has 0 saturated carbocycles. The number of aromatic nitrogens is 1. The number of hydrogen-bond acceptors (Lipinski definition) is 5. The van der Waals surface area contributed by atoms with Gasteiger partial charge in [0.05, 0.1) is 10.2 Å². The van der Waals surface area contributed by atoms with E-state index in [4.69, 9.17) is 4.98 Å². The van der Waals surface area contributed by atoms with E-state index in [0.29, 0.717) is 5.56 Å². The predicted octanol–water partition coefficient (Wildman–Crippen LogP) is 6.08. The zero-order valence-electron chi connectivity index (χ0n) is 16.6. The first-order valence-electron chi connectivity index (χ1n) is 9.82. The average Bonchev–Trinajstić information content (AvgIpc) is 3.34. The number of rotatable bonds is 4. The molecule has 0 atom stereocenters. The van der Waals surface area contributed by atoms with Gasteiger partial charge < -0.3 is 5.32 Å². The Labute approximate surface area is 190 Å². The highest BCUT2D eigenvalue weighted by molar-refractivity contribution is 7.23. The summed E-state index contributed by atoms with van der Waals surface area (Å²) in [4.78, 5) is 21.6. The molecule has 4 aromatic rings. The van der Waals surface area contributed by atoms with Crippen LogP contribution in [0.5, 0.6) is 0 Å². The van der Waals surface area contributed by atoms with Crippen LogP contribution in [-0.4, -0.2) is 28.9 Å². The Bertz CT molecular complexity index is 1150. The molecular weight excluding hydrogens is 434 g/mol. The molecule has 1 N–H and O–H groups in total. The SMILES string of the molecule is CCN1CCc2c(sc(NC(=O)c3ccccc3)c2-c2nc3ccccc3s2)C1.Cl. The molecule has 5 rings (SSSR count). The predicted molar refractivity (Wildman–Crippen MR) is 129 cm³/mol. The third-order valence-electron chi connectivity index (χ3n) is 5.35. The fourth-order valence-corrected chi connectivity index (χ4v) is 6.18. The van der Waals surface area contributed by atoms with E-state index < -0.39 is 0 Å². The standard InChI is InChI=1S/C23H21N3OS2.ClH/c1-2-26-13-12-16-19(14-26)29-23(25-21(27)15-8-4-3-5-9-15)20(16)22-24-17-10-6-7-11-18(17)28-22;/h3-11H,2,12-14H2,1H3,(H,25,27);1H. The average molecular weight is 456 g/mol. The van der Waals surface area contributed by atoms with Gasteiger partial charge in [0.25, 0.3) is 5.91 Å². The number of amides is 1. The minimum Gasteiger partial charge on any atom is -0.313 e. The number of thiophene rings is 1. The largest absolute Gasteiger partial charge is 0.313 e. The molecule has 0 spiro atoms. The number of likely N-dealkylation sites (N-methyl/N-ethyl adjacent to an activating group) is 1. The molecule has 0 fully saturated rings. The van der Waals surface area contributed by atoms with Crippen molar-refractivity contribution < 1.29 is 4.79 Å². The van der Waals surface area contributed by atoms with Crippen molar-refractivity contribution in [3.05, 3.63) is 70.6 Å². The molecule has 0 aliphatic carbocycles. The van der Waals surface area contributed by atoms with Crippen LogP contribution < -0.4 is 5.32 Å². The molecule has 0 unspecified atom stereocenters. The van der Waals surface area contributed by atoms with Crippen LogP contribution in [0.3, 0.4) is 0 Å². The molecule has 0 saturated heterocycles. The number of nitrogens with one attached hydrogen (secondary N) is 1. The lowest BCUT2D eigenvalue weighted by Gasteiger charge is -2.25. The molecule has 1 aliphatic heterocycles. The summed E-state index contributed by atoms with van der Waals surface area (Å²) < 4.78 is 1.17.